The minimum Gasteiger partial charge on any atom is -0.469 e. The predicted molar refractivity (Wildman–Crippen MR) is 67.6 cm³/mol. The van der Waals surface area contributed by atoms with E-state index in [1.807, 2.05) is 17.5 Å². The van der Waals surface area contributed by atoms with Crippen LogP contribution in [-0.2, 0) is 14.3 Å². The van der Waals surface area contributed by atoms with E-state index in [2.05, 4.69) is 10.1 Å². The molecule has 0 aliphatic rings. The molecule has 1 rings (SSSR count). The Morgan fingerprint density at radius 1 is 1.59 bits per heavy atom. The summed E-state index contributed by atoms with van der Waals surface area (Å²) in [7, 11) is 1.33. The van der Waals surface area contributed by atoms with Crippen molar-refractivity contribution in [1.82, 2.24) is 5.32 Å². The van der Waals surface area contributed by atoms with Gasteiger partial charge in [0.1, 0.15) is 0 Å². The van der Waals surface area contributed by atoms with Crippen molar-refractivity contribution in [3.63, 3.8) is 0 Å². The quantitative estimate of drug-likeness (QED) is 0.643. The number of amides is 1. The number of esters is 1. The second-order valence-electron chi connectivity index (χ2n) is 3.54. The first kappa shape index (κ1) is 13.4. The summed E-state index contributed by atoms with van der Waals surface area (Å²) in [6.45, 7) is 1.76. The second kappa shape index (κ2) is 6.85. The van der Waals surface area contributed by atoms with E-state index in [4.69, 9.17) is 0 Å². The Morgan fingerprint density at radius 3 is 2.94 bits per heavy atom. The van der Waals surface area contributed by atoms with E-state index in [1.165, 1.54) is 13.2 Å². The molecule has 0 aromatic carbocycles. The molecule has 1 aromatic heterocycles. The molecule has 1 heterocycles. The van der Waals surface area contributed by atoms with Gasteiger partial charge in [-0.2, -0.15) is 0 Å². The van der Waals surface area contributed by atoms with Crippen molar-refractivity contribution >= 4 is 29.3 Å². The van der Waals surface area contributed by atoms with Crippen molar-refractivity contribution in [2.45, 2.75) is 19.4 Å². The molecular formula is C12H15NO3S. The van der Waals surface area contributed by atoms with Gasteiger partial charge < -0.3 is 10.1 Å². The Labute approximate surface area is 104 Å². The Morgan fingerprint density at radius 2 is 2.35 bits per heavy atom. The molecule has 0 saturated heterocycles. The zero-order valence-electron chi connectivity index (χ0n) is 9.80. The van der Waals surface area contributed by atoms with E-state index in [1.54, 1.807) is 24.3 Å². The van der Waals surface area contributed by atoms with E-state index in [-0.39, 0.29) is 24.3 Å². The molecular weight excluding hydrogens is 238 g/mol. The van der Waals surface area contributed by atoms with Gasteiger partial charge in [0.05, 0.1) is 13.5 Å². The fourth-order valence-electron chi connectivity index (χ4n) is 1.22. The molecule has 0 fully saturated rings. The fraction of sp³-hybridized carbons (Fsp3) is 0.333. The van der Waals surface area contributed by atoms with Gasteiger partial charge in [-0.15, -0.1) is 11.3 Å². The zero-order chi connectivity index (χ0) is 12.7. The van der Waals surface area contributed by atoms with Gasteiger partial charge in [0.2, 0.25) is 5.91 Å². The maximum absolute atomic E-state index is 11.5. The van der Waals surface area contributed by atoms with Gasteiger partial charge >= 0.3 is 5.97 Å². The van der Waals surface area contributed by atoms with Crippen LogP contribution < -0.4 is 5.32 Å². The Balaban J connectivity index is 2.36. The van der Waals surface area contributed by atoms with Gasteiger partial charge in [-0.3, -0.25) is 9.59 Å². The number of carbonyl (C=O) groups is 2. The molecule has 0 aliphatic heterocycles. The van der Waals surface area contributed by atoms with E-state index in [0.717, 1.165) is 4.88 Å². The van der Waals surface area contributed by atoms with Gasteiger partial charge in [0, 0.05) is 17.0 Å². The standard InChI is InChI=1S/C12H15NO3S/c1-9(8-12(15)16-2)13-11(14)6-5-10-4-3-7-17-10/h3-7,9H,8H2,1-2H3,(H,13,14)/b6-5+. The van der Waals surface area contributed by atoms with E-state index in [0.29, 0.717) is 0 Å². The first-order valence-corrected chi connectivity index (χ1v) is 6.08. The van der Waals surface area contributed by atoms with Crippen molar-refractivity contribution in [3.05, 3.63) is 28.5 Å². The van der Waals surface area contributed by atoms with Crippen LogP contribution in [-0.4, -0.2) is 25.0 Å². The van der Waals surface area contributed by atoms with Crippen LogP contribution in [0.4, 0.5) is 0 Å². The minimum absolute atomic E-state index is 0.176. The number of rotatable bonds is 5. The molecule has 1 unspecified atom stereocenters. The monoisotopic (exact) mass is 253 g/mol. The number of methoxy groups -OCH3 is 1. The van der Waals surface area contributed by atoms with Gasteiger partial charge in [0.15, 0.2) is 0 Å². The van der Waals surface area contributed by atoms with Crippen LogP contribution in [0.3, 0.4) is 0 Å². The Bertz CT molecular complexity index is 398. The number of ether oxygens (including phenoxy) is 1. The van der Waals surface area contributed by atoms with Gasteiger partial charge in [0.25, 0.3) is 0 Å². The highest BCUT2D eigenvalue weighted by Gasteiger charge is 2.10. The summed E-state index contributed by atoms with van der Waals surface area (Å²) in [5.74, 6) is -0.546. The number of nitrogens with one attached hydrogen (secondary N) is 1. The summed E-state index contributed by atoms with van der Waals surface area (Å²) < 4.78 is 4.51. The number of hydrogen-bond acceptors (Lipinski definition) is 4. The third-order valence-corrected chi connectivity index (χ3v) is 2.87. The summed E-state index contributed by atoms with van der Waals surface area (Å²) in [6.07, 6.45) is 3.37. The molecule has 0 radical (unpaired) electrons. The van der Waals surface area contributed by atoms with Crippen molar-refractivity contribution in [1.29, 1.82) is 0 Å². The first-order chi connectivity index (χ1) is 8.11. The van der Waals surface area contributed by atoms with Gasteiger partial charge in [-0.05, 0) is 24.4 Å². The average Bonchev–Trinajstić information content (AvgIpc) is 2.78. The third kappa shape index (κ3) is 5.31. The summed E-state index contributed by atoms with van der Waals surface area (Å²) in [5, 5.41) is 4.63. The third-order valence-electron chi connectivity index (χ3n) is 2.03. The topological polar surface area (TPSA) is 55.4 Å². The van der Waals surface area contributed by atoms with Crippen LogP contribution in [0.5, 0.6) is 0 Å². The van der Waals surface area contributed by atoms with E-state index in [9.17, 15) is 9.59 Å². The lowest BCUT2D eigenvalue weighted by molar-refractivity contribution is -0.141. The SMILES string of the molecule is COC(=O)CC(C)NC(=O)/C=C/c1cccs1. The Kier molecular flexibility index (Phi) is 5.42. The van der Waals surface area contributed by atoms with Crippen LogP contribution >= 0.6 is 11.3 Å². The molecule has 0 bridgehead atoms. The molecule has 5 heteroatoms. The van der Waals surface area contributed by atoms with Crippen molar-refractivity contribution in [3.8, 4) is 0 Å². The second-order valence-corrected chi connectivity index (χ2v) is 4.52. The molecule has 0 aliphatic carbocycles. The van der Waals surface area contributed by atoms with Crippen LogP contribution in [0.2, 0.25) is 0 Å². The minimum atomic E-state index is -0.333. The smallest absolute Gasteiger partial charge is 0.307 e. The summed E-state index contributed by atoms with van der Waals surface area (Å²) in [6, 6.07) is 3.61. The highest BCUT2D eigenvalue weighted by Crippen LogP contribution is 2.09. The first-order valence-electron chi connectivity index (χ1n) is 5.20. The van der Waals surface area contributed by atoms with Crippen molar-refractivity contribution in [2.75, 3.05) is 7.11 Å². The normalized spacial score (nSPS) is 12.4. The van der Waals surface area contributed by atoms with E-state index < -0.39 is 0 Å². The van der Waals surface area contributed by atoms with Crippen LogP contribution in [0.15, 0.2) is 23.6 Å². The van der Waals surface area contributed by atoms with Gasteiger partial charge in [-0.1, -0.05) is 6.07 Å². The highest BCUT2D eigenvalue weighted by molar-refractivity contribution is 7.10. The van der Waals surface area contributed by atoms with Crippen LogP contribution in [0.1, 0.15) is 18.2 Å². The zero-order valence-corrected chi connectivity index (χ0v) is 10.6. The van der Waals surface area contributed by atoms with Crippen molar-refractivity contribution < 1.29 is 14.3 Å². The molecule has 92 valence electrons. The van der Waals surface area contributed by atoms with Crippen LogP contribution in [0, 0.1) is 0 Å². The number of hydrogen-bond donors (Lipinski definition) is 1. The maximum atomic E-state index is 11.5. The lowest BCUT2D eigenvalue weighted by Gasteiger charge is -2.10. The number of carbonyl (C=O) groups excluding carboxylic acids is 2. The van der Waals surface area contributed by atoms with Gasteiger partial charge in [-0.25, -0.2) is 0 Å². The Hall–Kier alpha value is -1.62. The molecule has 1 amide bonds. The summed E-state index contributed by atoms with van der Waals surface area (Å²) in [4.78, 5) is 23.4. The largest absolute Gasteiger partial charge is 0.469 e. The molecule has 0 spiro atoms. The van der Waals surface area contributed by atoms with Crippen molar-refractivity contribution in [2.24, 2.45) is 0 Å². The summed E-state index contributed by atoms with van der Waals surface area (Å²) >= 11 is 1.56. The molecule has 0 saturated carbocycles. The predicted octanol–water partition coefficient (Wildman–Crippen LogP) is 1.83. The van der Waals surface area contributed by atoms with Crippen LogP contribution in [0.25, 0.3) is 6.08 Å². The van der Waals surface area contributed by atoms with E-state index >= 15 is 0 Å². The highest BCUT2D eigenvalue weighted by atomic mass is 32.1. The summed E-state index contributed by atoms with van der Waals surface area (Å²) in [5.41, 5.74) is 0. The molecule has 1 atom stereocenters. The molecule has 1 aromatic rings. The molecule has 1 N–H and O–H groups in total. The number of thiophene rings is 1. The molecule has 4 nitrogen and oxygen atoms in total. The lowest BCUT2D eigenvalue weighted by Crippen LogP contribution is -2.33. The average molecular weight is 253 g/mol. The fourth-order valence-corrected chi connectivity index (χ4v) is 1.84. The lowest BCUT2D eigenvalue weighted by atomic mass is 10.2. The maximum Gasteiger partial charge on any atom is 0.307 e. The molecule has 17 heavy (non-hydrogen) atoms.